The summed E-state index contributed by atoms with van der Waals surface area (Å²) in [4.78, 5) is 4.56. The van der Waals surface area contributed by atoms with Crippen LogP contribution >= 0.6 is 0 Å². The highest BCUT2D eigenvalue weighted by molar-refractivity contribution is 5.82. The molecule has 0 spiro atoms. The molecule has 3 aromatic rings. The van der Waals surface area contributed by atoms with Crippen molar-refractivity contribution in [2.75, 3.05) is 6.61 Å². The van der Waals surface area contributed by atoms with Gasteiger partial charge in [-0.3, -0.25) is 0 Å². The molecule has 0 atom stereocenters. The standard InChI is InChI=1S/C19H18N2O3/c1-14-17(21-19(24-14)15-7-3-2-4-8-15)11-12-23-18-10-6-5-9-16(18)13-20-22/h2-10,13,22H,11-12H2,1H3. The average Bonchev–Trinajstić information content (AvgIpc) is 2.98. The topological polar surface area (TPSA) is 67.9 Å². The number of hydrogen-bond acceptors (Lipinski definition) is 5. The minimum atomic E-state index is 0.456. The molecule has 1 N–H and O–H groups in total. The molecular formula is C19H18N2O3. The lowest BCUT2D eigenvalue weighted by atomic mass is 10.2. The Morgan fingerprint density at radius 2 is 1.88 bits per heavy atom. The summed E-state index contributed by atoms with van der Waals surface area (Å²) in [6.07, 6.45) is 1.98. The number of hydrogen-bond donors (Lipinski definition) is 1. The van der Waals surface area contributed by atoms with E-state index in [9.17, 15) is 0 Å². The lowest BCUT2D eigenvalue weighted by Gasteiger charge is -2.07. The minimum Gasteiger partial charge on any atom is -0.492 e. The van der Waals surface area contributed by atoms with Crippen molar-refractivity contribution in [3.8, 4) is 17.2 Å². The van der Waals surface area contributed by atoms with E-state index in [1.807, 2.05) is 61.5 Å². The second-order valence-electron chi connectivity index (χ2n) is 5.27. The molecule has 122 valence electrons. The van der Waals surface area contributed by atoms with Crippen LogP contribution in [0.5, 0.6) is 5.75 Å². The molecule has 0 unspecified atom stereocenters. The predicted molar refractivity (Wildman–Crippen MR) is 91.7 cm³/mol. The van der Waals surface area contributed by atoms with Gasteiger partial charge >= 0.3 is 0 Å². The molecule has 0 aliphatic carbocycles. The van der Waals surface area contributed by atoms with E-state index in [1.165, 1.54) is 6.21 Å². The van der Waals surface area contributed by atoms with Crippen LogP contribution in [0.4, 0.5) is 0 Å². The van der Waals surface area contributed by atoms with Crippen molar-refractivity contribution in [2.24, 2.45) is 5.16 Å². The van der Waals surface area contributed by atoms with Crippen LogP contribution in [-0.4, -0.2) is 23.0 Å². The zero-order chi connectivity index (χ0) is 16.8. The molecule has 1 heterocycles. The van der Waals surface area contributed by atoms with Crippen molar-refractivity contribution in [3.63, 3.8) is 0 Å². The molecule has 5 heteroatoms. The van der Waals surface area contributed by atoms with E-state index in [-0.39, 0.29) is 0 Å². The van der Waals surface area contributed by atoms with Gasteiger partial charge in [0.05, 0.1) is 18.5 Å². The van der Waals surface area contributed by atoms with E-state index in [2.05, 4.69) is 10.1 Å². The number of aryl methyl sites for hydroxylation is 1. The summed E-state index contributed by atoms with van der Waals surface area (Å²) in [5.74, 6) is 2.08. The second-order valence-corrected chi connectivity index (χ2v) is 5.27. The monoisotopic (exact) mass is 322 g/mol. The van der Waals surface area contributed by atoms with Crippen LogP contribution in [-0.2, 0) is 6.42 Å². The van der Waals surface area contributed by atoms with Crippen molar-refractivity contribution < 1.29 is 14.4 Å². The zero-order valence-electron chi connectivity index (χ0n) is 13.3. The Morgan fingerprint density at radius 1 is 1.12 bits per heavy atom. The fourth-order valence-corrected chi connectivity index (χ4v) is 2.40. The first kappa shape index (κ1) is 15.8. The normalized spacial score (nSPS) is 11.0. The fraction of sp³-hybridized carbons (Fsp3) is 0.158. The Bertz CT molecular complexity index is 826. The number of rotatable bonds is 6. The third kappa shape index (κ3) is 3.63. The highest BCUT2D eigenvalue weighted by Crippen LogP contribution is 2.22. The van der Waals surface area contributed by atoms with E-state index in [4.69, 9.17) is 14.4 Å². The van der Waals surface area contributed by atoms with E-state index in [1.54, 1.807) is 0 Å². The second kappa shape index (κ2) is 7.46. The van der Waals surface area contributed by atoms with Gasteiger partial charge in [0, 0.05) is 17.5 Å². The van der Waals surface area contributed by atoms with Crippen molar-refractivity contribution >= 4 is 6.21 Å². The maximum Gasteiger partial charge on any atom is 0.226 e. The molecule has 3 rings (SSSR count). The molecule has 2 aromatic carbocycles. The molecule has 0 bridgehead atoms. The number of oxime groups is 1. The van der Waals surface area contributed by atoms with E-state index < -0.39 is 0 Å². The maximum atomic E-state index is 8.69. The third-order valence-electron chi connectivity index (χ3n) is 3.63. The molecule has 0 radical (unpaired) electrons. The van der Waals surface area contributed by atoms with E-state index in [0.717, 1.165) is 22.6 Å². The SMILES string of the molecule is Cc1oc(-c2ccccc2)nc1CCOc1ccccc1C=NO. The van der Waals surface area contributed by atoms with E-state index in [0.29, 0.717) is 24.7 Å². The Balaban J connectivity index is 1.67. The number of benzene rings is 2. The Kier molecular flexibility index (Phi) is 4.91. The fourth-order valence-electron chi connectivity index (χ4n) is 2.40. The first-order valence-electron chi connectivity index (χ1n) is 7.69. The molecule has 0 aliphatic heterocycles. The molecule has 24 heavy (non-hydrogen) atoms. The third-order valence-corrected chi connectivity index (χ3v) is 3.63. The Labute approximate surface area is 140 Å². The van der Waals surface area contributed by atoms with Gasteiger partial charge in [-0.05, 0) is 31.2 Å². The molecule has 0 saturated carbocycles. The lowest BCUT2D eigenvalue weighted by Crippen LogP contribution is -2.04. The Hall–Kier alpha value is -3.08. The summed E-state index contributed by atoms with van der Waals surface area (Å²) >= 11 is 0. The average molecular weight is 322 g/mol. The predicted octanol–water partition coefficient (Wildman–Crippen LogP) is 4.08. The number of para-hydroxylation sites is 1. The summed E-state index contributed by atoms with van der Waals surface area (Å²) in [7, 11) is 0. The van der Waals surface area contributed by atoms with Crippen LogP contribution in [0.3, 0.4) is 0 Å². The van der Waals surface area contributed by atoms with E-state index >= 15 is 0 Å². The highest BCUT2D eigenvalue weighted by atomic mass is 16.5. The van der Waals surface area contributed by atoms with Gasteiger partial charge in [-0.25, -0.2) is 4.98 Å². The molecule has 0 amide bonds. The Morgan fingerprint density at radius 3 is 2.67 bits per heavy atom. The molecular weight excluding hydrogens is 304 g/mol. The summed E-state index contributed by atoms with van der Waals surface area (Å²) in [6.45, 7) is 2.36. The van der Waals surface area contributed by atoms with Crippen LogP contribution < -0.4 is 4.74 Å². The summed E-state index contributed by atoms with van der Waals surface area (Å²) in [5.41, 5.74) is 2.56. The molecule has 0 aliphatic rings. The first-order valence-corrected chi connectivity index (χ1v) is 7.69. The first-order chi connectivity index (χ1) is 11.8. The molecule has 0 saturated heterocycles. The lowest BCUT2D eigenvalue weighted by molar-refractivity contribution is 0.315. The zero-order valence-corrected chi connectivity index (χ0v) is 13.3. The van der Waals surface area contributed by atoms with Crippen molar-refractivity contribution in [3.05, 3.63) is 71.6 Å². The van der Waals surface area contributed by atoms with Gasteiger partial charge in [-0.15, -0.1) is 0 Å². The van der Waals surface area contributed by atoms with Crippen molar-refractivity contribution in [1.82, 2.24) is 4.98 Å². The number of ether oxygens (including phenoxy) is 1. The molecule has 5 nitrogen and oxygen atoms in total. The molecule has 1 aromatic heterocycles. The van der Waals surface area contributed by atoms with Gasteiger partial charge < -0.3 is 14.4 Å². The number of nitrogens with zero attached hydrogens (tertiary/aromatic N) is 2. The highest BCUT2D eigenvalue weighted by Gasteiger charge is 2.11. The van der Waals surface area contributed by atoms with Gasteiger partial charge in [0.1, 0.15) is 11.5 Å². The van der Waals surface area contributed by atoms with Crippen LogP contribution in [0.15, 0.2) is 64.2 Å². The number of aromatic nitrogens is 1. The summed E-state index contributed by atoms with van der Waals surface area (Å²) in [6, 6.07) is 17.2. The van der Waals surface area contributed by atoms with Crippen molar-refractivity contribution in [2.45, 2.75) is 13.3 Å². The van der Waals surface area contributed by atoms with Gasteiger partial charge in [0.15, 0.2) is 0 Å². The summed E-state index contributed by atoms with van der Waals surface area (Å²) in [5, 5.41) is 11.7. The van der Waals surface area contributed by atoms with Gasteiger partial charge in [-0.2, -0.15) is 0 Å². The van der Waals surface area contributed by atoms with Gasteiger partial charge in [0.2, 0.25) is 5.89 Å². The smallest absolute Gasteiger partial charge is 0.226 e. The minimum absolute atomic E-state index is 0.456. The van der Waals surface area contributed by atoms with Crippen molar-refractivity contribution in [1.29, 1.82) is 0 Å². The van der Waals surface area contributed by atoms with Crippen LogP contribution in [0.2, 0.25) is 0 Å². The van der Waals surface area contributed by atoms with Gasteiger partial charge in [0.25, 0.3) is 0 Å². The number of oxazole rings is 1. The molecule has 0 fully saturated rings. The quantitative estimate of drug-likeness (QED) is 0.422. The maximum absolute atomic E-state index is 8.69. The summed E-state index contributed by atoms with van der Waals surface area (Å²) < 4.78 is 11.5. The van der Waals surface area contributed by atoms with Gasteiger partial charge in [-0.1, -0.05) is 35.5 Å². The largest absolute Gasteiger partial charge is 0.492 e. The van der Waals surface area contributed by atoms with Crippen LogP contribution in [0.1, 0.15) is 17.0 Å². The van der Waals surface area contributed by atoms with Crippen LogP contribution in [0, 0.1) is 6.92 Å². The van der Waals surface area contributed by atoms with Crippen LogP contribution in [0.25, 0.3) is 11.5 Å².